The van der Waals surface area contributed by atoms with Crippen molar-refractivity contribution < 1.29 is 9.53 Å². The monoisotopic (exact) mass is 355 g/mol. The number of anilines is 2. The lowest BCUT2D eigenvalue weighted by Gasteiger charge is -2.34. The van der Waals surface area contributed by atoms with Gasteiger partial charge in [-0.2, -0.15) is 0 Å². The zero-order valence-electron chi connectivity index (χ0n) is 14.5. The standard InChI is InChI=1S/C17H21N7O2/c25-16(14-2-3-15(21-20-14)22-10-12-26-13-11-22)23-6-8-24(9-7-23)17-18-4-1-5-19-17/h1-5H,6-13H2. The van der Waals surface area contributed by atoms with E-state index in [9.17, 15) is 4.79 Å². The van der Waals surface area contributed by atoms with E-state index < -0.39 is 0 Å². The minimum absolute atomic E-state index is 0.0837. The Bertz CT molecular complexity index is 727. The van der Waals surface area contributed by atoms with E-state index in [2.05, 4.69) is 30.0 Å². The van der Waals surface area contributed by atoms with Gasteiger partial charge >= 0.3 is 0 Å². The SMILES string of the molecule is O=C(c1ccc(N2CCOCC2)nn1)N1CCN(c2ncccn2)CC1. The zero-order valence-corrected chi connectivity index (χ0v) is 14.5. The van der Waals surface area contributed by atoms with Crippen LogP contribution >= 0.6 is 0 Å². The van der Waals surface area contributed by atoms with Crippen molar-refractivity contribution in [3.63, 3.8) is 0 Å². The summed E-state index contributed by atoms with van der Waals surface area (Å²) >= 11 is 0. The van der Waals surface area contributed by atoms with Crippen molar-refractivity contribution in [2.45, 2.75) is 0 Å². The molecule has 0 bridgehead atoms. The van der Waals surface area contributed by atoms with Gasteiger partial charge in [0.1, 0.15) is 0 Å². The van der Waals surface area contributed by atoms with Crippen LogP contribution in [0.25, 0.3) is 0 Å². The molecule has 0 atom stereocenters. The van der Waals surface area contributed by atoms with Crippen LogP contribution in [0.1, 0.15) is 10.5 Å². The van der Waals surface area contributed by atoms with Crippen molar-refractivity contribution in [3.8, 4) is 0 Å². The lowest BCUT2D eigenvalue weighted by Crippen LogP contribution is -2.49. The lowest BCUT2D eigenvalue weighted by molar-refractivity contribution is 0.0739. The average molecular weight is 355 g/mol. The Hall–Kier alpha value is -2.81. The van der Waals surface area contributed by atoms with Gasteiger partial charge in [-0.05, 0) is 18.2 Å². The quantitative estimate of drug-likeness (QED) is 0.764. The molecule has 9 nitrogen and oxygen atoms in total. The highest BCUT2D eigenvalue weighted by Crippen LogP contribution is 2.14. The van der Waals surface area contributed by atoms with Gasteiger partial charge < -0.3 is 19.4 Å². The van der Waals surface area contributed by atoms with Crippen LogP contribution < -0.4 is 9.80 Å². The highest BCUT2D eigenvalue weighted by atomic mass is 16.5. The second-order valence-corrected chi connectivity index (χ2v) is 6.20. The van der Waals surface area contributed by atoms with Crippen molar-refractivity contribution in [1.29, 1.82) is 0 Å². The normalized spacial score (nSPS) is 18.1. The topological polar surface area (TPSA) is 87.6 Å². The minimum atomic E-state index is -0.0837. The van der Waals surface area contributed by atoms with Gasteiger partial charge in [-0.1, -0.05) is 0 Å². The maximum absolute atomic E-state index is 12.7. The fraction of sp³-hybridized carbons (Fsp3) is 0.471. The Labute approximate surface area is 151 Å². The summed E-state index contributed by atoms with van der Waals surface area (Å²) in [5, 5.41) is 8.37. The Balaban J connectivity index is 1.36. The zero-order chi connectivity index (χ0) is 17.8. The largest absolute Gasteiger partial charge is 0.378 e. The number of rotatable bonds is 3. The van der Waals surface area contributed by atoms with Gasteiger partial charge in [0.15, 0.2) is 11.5 Å². The number of morpholine rings is 1. The highest BCUT2D eigenvalue weighted by Gasteiger charge is 2.24. The van der Waals surface area contributed by atoms with Gasteiger partial charge in [0.25, 0.3) is 5.91 Å². The second-order valence-electron chi connectivity index (χ2n) is 6.20. The Kier molecular flexibility index (Phi) is 4.87. The molecule has 0 spiro atoms. The summed E-state index contributed by atoms with van der Waals surface area (Å²) in [4.78, 5) is 27.2. The summed E-state index contributed by atoms with van der Waals surface area (Å²) < 4.78 is 5.34. The fourth-order valence-corrected chi connectivity index (χ4v) is 3.13. The molecule has 0 unspecified atom stereocenters. The van der Waals surface area contributed by atoms with Crippen LogP contribution in [0.5, 0.6) is 0 Å². The number of ether oxygens (including phenoxy) is 1. The summed E-state index contributed by atoms with van der Waals surface area (Å²) in [6.45, 7) is 5.62. The summed E-state index contributed by atoms with van der Waals surface area (Å²) in [5.74, 6) is 1.41. The molecule has 2 saturated heterocycles. The molecule has 0 aliphatic carbocycles. The maximum Gasteiger partial charge on any atom is 0.274 e. The molecule has 4 rings (SSSR count). The van der Waals surface area contributed by atoms with E-state index >= 15 is 0 Å². The number of nitrogens with zero attached hydrogens (tertiary/aromatic N) is 7. The van der Waals surface area contributed by atoms with E-state index in [1.54, 1.807) is 29.4 Å². The Morgan fingerprint density at radius 2 is 1.62 bits per heavy atom. The fourth-order valence-electron chi connectivity index (χ4n) is 3.13. The van der Waals surface area contributed by atoms with Crippen LogP contribution in [0, 0.1) is 0 Å². The number of carbonyl (C=O) groups is 1. The molecule has 2 aromatic heterocycles. The lowest BCUT2D eigenvalue weighted by atomic mass is 10.2. The molecule has 0 N–H and O–H groups in total. The number of hydrogen-bond acceptors (Lipinski definition) is 8. The molecule has 2 aromatic rings. The van der Waals surface area contributed by atoms with Crippen LogP contribution in [0.15, 0.2) is 30.6 Å². The van der Waals surface area contributed by atoms with Crippen molar-refractivity contribution in [2.24, 2.45) is 0 Å². The van der Waals surface area contributed by atoms with E-state index in [4.69, 9.17) is 4.74 Å². The molecule has 2 aliphatic rings. The molecule has 2 fully saturated rings. The number of aromatic nitrogens is 4. The molecular weight excluding hydrogens is 334 g/mol. The molecule has 2 aliphatic heterocycles. The van der Waals surface area contributed by atoms with E-state index in [1.165, 1.54) is 0 Å². The molecular formula is C17H21N7O2. The predicted molar refractivity (Wildman–Crippen MR) is 95.2 cm³/mol. The van der Waals surface area contributed by atoms with Gasteiger partial charge in [0, 0.05) is 51.7 Å². The average Bonchev–Trinajstić information content (AvgIpc) is 2.75. The van der Waals surface area contributed by atoms with Crippen molar-refractivity contribution >= 4 is 17.7 Å². The molecule has 4 heterocycles. The molecule has 136 valence electrons. The molecule has 0 saturated carbocycles. The molecule has 9 heteroatoms. The van der Waals surface area contributed by atoms with Gasteiger partial charge in [0.2, 0.25) is 5.95 Å². The van der Waals surface area contributed by atoms with Crippen LogP contribution in [0.4, 0.5) is 11.8 Å². The van der Waals surface area contributed by atoms with Gasteiger partial charge in [-0.3, -0.25) is 4.79 Å². The maximum atomic E-state index is 12.7. The highest BCUT2D eigenvalue weighted by molar-refractivity contribution is 5.92. The second kappa shape index (κ2) is 7.61. The summed E-state index contributed by atoms with van der Waals surface area (Å²) in [5.41, 5.74) is 0.381. The molecule has 0 aromatic carbocycles. The molecule has 0 radical (unpaired) electrons. The first-order valence-corrected chi connectivity index (χ1v) is 8.79. The summed E-state index contributed by atoms with van der Waals surface area (Å²) in [6.07, 6.45) is 3.46. The van der Waals surface area contributed by atoms with Gasteiger partial charge in [-0.25, -0.2) is 9.97 Å². The van der Waals surface area contributed by atoms with Crippen LogP contribution in [-0.2, 0) is 4.74 Å². The Morgan fingerprint density at radius 1 is 0.885 bits per heavy atom. The molecule has 1 amide bonds. The number of piperazine rings is 1. The van der Waals surface area contributed by atoms with Crippen molar-refractivity contribution in [2.75, 3.05) is 62.3 Å². The first-order valence-electron chi connectivity index (χ1n) is 8.79. The first kappa shape index (κ1) is 16.6. The number of amides is 1. The van der Waals surface area contributed by atoms with Crippen LogP contribution in [-0.4, -0.2) is 83.5 Å². The van der Waals surface area contributed by atoms with Crippen LogP contribution in [0.3, 0.4) is 0 Å². The third kappa shape index (κ3) is 3.57. The van der Waals surface area contributed by atoms with E-state index in [0.29, 0.717) is 51.0 Å². The number of hydrogen-bond donors (Lipinski definition) is 0. The van der Waals surface area contributed by atoms with E-state index in [-0.39, 0.29) is 5.91 Å². The first-order chi connectivity index (χ1) is 12.8. The van der Waals surface area contributed by atoms with E-state index in [0.717, 1.165) is 18.9 Å². The van der Waals surface area contributed by atoms with Gasteiger partial charge in [-0.15, -0.1) is 10.2 Å². The van der Waals surface area contributed by atoms with Crippen LogP contribution in [0.2, 0.25) is 0 Å². The van der Waals surface area contributed by atoms with Crippen molar-refractivity contribution in [3.05, 3.63) is 36.3 Å². The third-order valence-corrected chi connectivity index (χ3v) is 4.61. The Morgan fingerprint density at radius 3 is 2.27 bits per heavy atom. The molecule has 26 heavy (non-hydrogen) atoms. The van der Waals surface area contributed by atoms with Gasteiger partial charge in [0.05, 0.1) is 13.2 Å². The summed E-state index contributed by atoms with van der Waals surface area (Å²) in [6, 6.07) is 5.41. The van der Waals surface area contributed by atoms with E-state index in [1.807, 2.05) is 6.07 Å². The minimum Gasteiger partial charge on any atom is -0.378 e. The number of carbonyl (C=O) groups excluding carboxylic acids is 1. The summed E-state index contributed by atoms with van der Waals surface area (Å²) in [7, 11) is 0. The predicted octanol–water partition coefficient (Wildman–Crippen LogP) is 0.0656. The third-order valence-electron chi connectivity index (χ3n) is 4.61. The van der Waals surface area contributed by atoms with Crippen molar-refractivity contribution in [1.82, 2.24) is 25.1 Å². The smallest absolute Gasteiger partial charge is 0.274 e.